The van der Waals surface area contributed by atoms with Gasteiger partial charge < -0.3 is 4.57 Å². The normalized spacial score (nSPS) is 11.5. The first-order valence-corrected chi connectivity index (χ1v) is 6.12. The monoisotopic (exact) mass is 265 g/mol. The van der Waals surface area contributed by atoms with E-state index in [1.54, 1.807) is 0 Å². The Kier molecular flexibility index (Phi) is 2.87. The first-order chi connectivity index (χ1) is 7.08. The fourth-order valence-corrected chi connectivity index (χ4v) is 2.55. The average molecular weight is 266 g/mol. The van der Waals surface area contributed by atoms with Crippen LogP contribution in [-0.4, -0.2) is 4.57 Å². The minimum atomic E-state index is 0.680. The van der Waals surface area contributed by atoms with Crippen LogP contribution in [0.4, 0.5) is 0 Å². The molecule has 1 aromatic heterocycles. The molecular weight excluding hydrogens is 250 g/mol. The maximum Gasteiger partial charge on any atom is 0.0494 e. The van der Waals surface area contributed by atoms with Crippen molar-refractivity contribution in [3.05, 3.63) is 34.4 Å². The van der Waals surface area contributed by atoms with Crippen molar-refractivity contribution in [1.29, 1.82) is 0 Å². The van der Waals surface area contributed by atoms with Crippen LogP contribution in [0.15, 0.2) is 28.9 Å². The molecule has 80 valence electrons. The van der Waals surface area contributed by atoms with Crippen LogP contribution in [0.2, 0.25) is 0 Å². The van der Waals surface area contributed by atoms with Gasteiger partial charge in [-0.25, -0.2) is 0 Å². The predicted octanol–water partition coefficient (Wildman–Crippen LogP) is 4.37. The minimum Gasteiger partial charge on any atom is -0.347 e. The van der Waals surface area contributed by atoms with E-state index in [-0.39, 0.29) is 0 Å². The number of aryl methyl sites for hydroxylation is 1. The highest BCUT2D eigenvalue weighted by atomic mass is 79.9. The molecule has 2 heteroatoms. The molecule has 2 rings (SSSR count). The maximum atomic E-state index is 3.55. The Bertz CT molecular complexity index is 482. The molecule has 0 saturated heterocycles. The Morgan fingerprint density at radius 3 is 2.73 bits per heavy atom. The van der Waals surface area contributed by atoms with Crippen LogP contribution >= 0.6 is 15.9 Å². The SMILES string of the molecule is Cc1cc(Br)cc2c1ccn2CC(C)C. The Labute approximate surface area is 99.2 Å². The molecule has 0 spiro atoms. The summed E-state index contributed by atoms with van der Waals surface area (Å²) in [6.07, 6.45) is 2.18. The Hall–Kier alpha value is -0.760. The van der Waals surface area contributed by atoms with E-state index in [1.807, 2.05) is 0 Å². The number of rotatable bonds is 2. The van der Waals surface area contributed by atoms with Crippen molar-refractivity contribution < 1.29 is 0 Å². The lowest BCUT2D eigenvalue weighted by atomic mass is 10.1. The van der Waals surface area contributed by atoms with Gasteiger partial charge in [0.05, 0.1) is 0 Å². The van der Waals surface area contributed by atoms with E-state index in [4.69, 9.17) is 0 Å². The van der Waals surface area contributed by atoms with Gasteiger partial charge in [0.15, 0.2) is 0 Å². The highest BCUT2D eigenvalue weighted by Crippen LogP contribution is 2.25. The van der Waals surface area contributed by atoms with Gasteiger partial charge in [0.1, 0.15) is 0 Å². The van der Waals surface area contributed by atoms with Crippen LogP contribution < -0.4 is 0 Å². The van der Waals surface area contributed by atoms with Crippen molar-refractivity contribution in [1.82, 2.24) is 4.57 Å². The number of halogens is 1. The van der Waals surface area contributed by atoms with E-state index < -0.39 is 0 Å². The largest absolute Gasteiger partial charge is 0.347 e. The molecule has 0 radical (unpaired) electrons. The number of hydrogen-bond acceptors (Lipinski definition) is 0. The number of hydrogen-bond donors (Lipinski definition) is 0. The number of aromatic nitrogens is 1. The van der Waals surface area contributed by atoms with Crippen LogP contribution in [-0.2, 0) is 6.54 Å². The summed E-state index contributed by atoms with van der Waals surface area (Å²) in [5.74, 6) is 0.680. The first-order valence-electron chi connectivity index (χ1n) is 5.33. The quantitative estimate of drug-likeness (QED) is 0.760. The number of nitrogens with zero attached hydrogens (tertiary/aromatic N) is 1. The fraction of sp³-hybridized carbons (Fsp3) is 0.385. The molecule has 0 aliphatic carbocycles. The van der Waals surface area contributed by atoms with Crippen molar-refractivity contribution in [3.8, 4) is 0 Å². The standard InChI is InChI=1S/C13H16BrN/c1-9(2)8-15-5-4-12-10(3)6-11(14)7-13(12)15/h4-7,9H,8H2,1-3H3. The van der Waals surface area contributed by atoms with Gasteiger partial charge in [-0.3, -0.25) is 0 Å². The molecule has 0 aliphatic rings. The highest BCUT2D eigenvalue weighted by Gasteiger charge is 2.05. The Balaban J connectivity index is 2.58. The molecule has 0 amide bonds. The van der Waals surface area contributed by atoms with E-state index in [0.717, 1.165) is 11.0 Å². The summed E-state index contributed by atoms with van der Waals surface area (Å²) in [6.45, 7) is 7.74. The van der Waals surface area contributed by atoms with Crippen LogP contribution in [0.3, 0.4) is 0 Å². The summed E-state index contributed by atoms with van der Waals surface area (Å²) >= 11 is 3.55. The third-order valence-corrected chi connectivity index (χ3v) is 3.08. The number of benzene rings is 1. The molecule has 0 saturated carbocycles. The smallest absolute Gasteiger partial charge is 0.0494 e. The van der Waals surface area contributed by atoms with Crippen molar-refractivity contribution in [2.45, 2.75) is 27.3 Å². The molecule has 15 heavy (non-hydrogen) atoms. The highest BCUT2D eigenvalue weighted by molar-refractivity contribution is 9.10. The molecule has 0 unspecified atom stereocenters. The number of fused-ring (bicyclic) bond motifs is 1. The lowest BCUT2D eigenvalue weighted by molar-refractivity contribution is 0.535. The second-order valence-corrected chi connectivity index (χ2v) is 5.43. The zero-order valence-corrected chi connectivity index (χ0v) is 11.0. The summed E-state index contributed by atoms with van der Waals surface area (Å²) in [5, 5.41) is 1.36. The molecule has 1 aromatic carbocycles. The topological polar surface area (TPSA) is 4.93 Å². The summed E-state index contributed by atoms with van der Waals surface area (Å²) in [5.41, 5.74) is 2.66. The van der Waals surface area contributed by atoms with Crippen molar-refractivity contribution in [2.24, 2.45) is 5.92 Å². The third kappa shape index (κ3) is 2.10. The van der Waals surface area contributed by atoms with Crippen molar-refractivity contribution >= 4 is 26.8 Å². The molecule has 1 nitrogen and oxygen atoms in total. The molecule has 0 bridgehead atoms. The summed E-state index contributed by atoms with van der Waals surface area (Å²) in [4.78, 5) is 0. The second kappa shape index (κ2) is 4.01. The van der Waals surface area contributed by atoms with Gasteiger partial charge in [-0.15, -0.1) is 0 Å². The third-order valence-electron chi connectivity index (χ3n) is 2.62. The van der Waals surface area contributed by atoms with Gasteiger partial charge in [-0.05, 0) is 36.6 Å². The van der Waals surface area contributed by atoms with Crippen LogP contribution in [0, 0.1) is 12.8 Å². The lowest BCUT2D eigenvalue weighted by Crippen LogP contribution is -2.02. The minimum absolute atomic E-state index is 0.680. The molecule has 0 atom stereocenters. The van der Waals surface area contributed by atoms with Gasteiger partial charge in [0.25, 0.3) is 0 Å². The molecule has 0 N–H and O–H groups in total. The maximum absolute atomic E-state index is 3.55. The molecule has 1 heterocycles. The van der Waals surface area contributed by atoms with Crippen LogP contribution in [0.1, 0.15) is 19.4 Å². The van der Waals surface area contributed by atoms with E-state index in [9.17, 15) is 0 Å². The van der Waals surface area contributed by atoms with Gasteiger partial charge in [0, 0.05) is 28.1 Å². The fourth-order valence-electron chi connectivity index (χ4n) is 1.99. The molecule has 0 fully saturated rings. The average Bonchev–Trinajstić information content (AvgIpc) is 2.48. The zero-order valence-electron chi connectivity index (χ0n) is 9.42. The molecule has 0 aliphatic heterocycles. The first kappa shape index (κ1) is 10.7. The van der Waals surface area contributed by atoms with Gasteiger partial charge in [-0.1, -0.05) is 29.8 Å². The molecular formula is C13H16BrN. The van der Waals surface area contributed by atoms with E-state index in [2.05, 4.69) is 65.7 Å². The lowest BCUT2D eigenvalue weighted by Gasteiger charge is -2.09. The van der Waals surface area contributed by atoms with E-state index in [1.165, 1.54) is 16.5 Å². The van der Waals surface area contributed by atoms with Gasteiger partial charge in [-0.2, -0.15) is 0 Å². The van der Waals surface area contributed by atoms with Crippen LogP contribution in [0.25, 0.3) is 10.9 Å². The Morgan fingerprint density at radius 2 is 2.07 bits per heavy atom. The Morgan fingerprint density at radius 1 is 1.33 bits per heavy atom. The zero-order chi connectivity index (χ0) is 11.0. The van der Waals surface area contributed by atoms with Gasteiger partial charge >= 0.3 is 0 Å². The van der Waals surface area contributed by atoms with Crippen molar-refractivity contribution in [3.63, 3.8) is 0 Å². The second-order valence-electron chi connectivity index (χ2n) is 4.52. The summed E-state index contributed by atoms with van der Waals surface area (Å²) in [6, 6.07) is 6.58. The van der Waals surface area contributed by atoms with Crippen molar-refractivity contribution in [2.75, 3.05) is 0 Å². The molecule has 2 aromatic rings. The summed E-state index contributed by atoms with van der Waals surface area (Å²) in [7, 11) is 0. The summed E-state index contributed by atoms with van der Waals surface area (Å²) < 4.78 is 3.49. The van der Waals surface area contributed by atoms with E-state index >= 15 is 0 Å². The van der Waals surface area contributed by atoms with Gasteiger partial charge in [0.2, 0.25) is 0 Å². The van der Waals surface area contributed by atoms with E-state index in [0.29, 0.717) is 5.92 Å². The van der Waals surface area contributed by atoms with Crippen LogP contribution in [0.5, 0.6) is 0 Å². The predicted molar refractivity (Wildman–Crippen MR) is 69.2 cm³/mol.